The fraction of sp³-hybridized carbons (Fsp3) is 0.462. The molecule has 1 aliphatic carbocycles. The van der Waals surface area contributed by atoms with E-state index in [9.17, 15) is 8.42 Å². The maximum absolute atomic E-state index is 11.1. The van der Waals surface area contributed by atoms with Crippen LogP contribution in [0.5, 0.6) is 0 Å². The Hall–Kier alpha value is -1.16. The molecule has 17 heavy (non-hydrogen) atoms. The van der Waals surface area contributed by atoms with Gasteiger partial charge in [-0.25, -0.2) is 8.42 Å². The maximum atomic E-state index is 11.1. The third-order valence-corrected chi connectivity index (χ3v) is 3.73. The lowest BCUT2D eigenvalue weighted by Crippen LogP contribution is -2.02. The second-order valence-corrected chi connectivity index (χ2v) is 6.74. The van der Waals surface area contributed by atoms with Crippen LogP contribution in [0.4, 0.5) is 0 Å². The van der Waals surface area contributed by atoms with Crippen LogP contribution in [0.2, 0.25) is 0 Å². The summed E-state index contributed by atoms with van der Waals surface area (Å²) in [5.74, 6) is 0.0688. The van der Waals surface area contributed by atoms with Crippen molar-refractivity contribution in [3.8, 4) is 0 Å². The Labute approximate surface area is 103 Å². The van der Waals surface area contributed by atoms with Gasteiger partial charge in [-0.2, -0.15) is 0 Å². The molecule has 1 aromatic rings. The summed E-state index contributed by atoms with van der Waals surface area (Å²) in [5, 5.41) is 0. The molecule has 2 rings (SSSR count). The molecule has 1 heterocycles. The Balaban J connectivity index is 2.15. The topological polar surface area (TPSA) is 47.0 Å². The van der Waals surface area contributed by atoms with Crippen LogP contribution in [-0.4, -0.2) is 19.7 Å². The van der Waals surface area contributed by atoms with Gasteiger partial charge in [-0.1, -0.05) is 12.1 Å². The fourth-order valence-corrected chi connectivity index (χ4v) is 2.85. The number of hydrogen-bond donors (Lipinski definition) is 0. The molecular weight excluding hydrogens is 234 g/mol. The highest BCUT2D eigenvalue weighted by atomic mass is 32.2. The predicted octanol–water partition coefficient (Wildman–Crippen LogP) is 2.58. The number of sulfone groups is 1. The van der Waals surface area contributed by atoms with Crippen LogP contribution in [0, 0.1) is 0 Å². The van der Waals surface area contributed by atoms with Crippen LogP contribution in [-0.2, 0) is 15.6 Å². The molecule has 0 aromatic carbocycles. The summed E-state index contributed by atoms with van der Waals surface area (Å²) >= 11 is 0. The van der Waals surface area contributed by atoms with Crippen molar-refractivity contribution in [3.05, 3.63) is 35.7 Å². The van der Waals surface area contributed by atoms with Crippen LogP contribution in [0.25, 0.3) is 5.57 Å². The molecule has 4 heteroatoms. The van der Waals surface area contributed by atoms with Crippen LogP contribution >= 0.6 is 0 Å². The summed E-state index contributed by atoms with van der Waals surface area (Å²) in [7, 11) is -2.97. The van der Waals surface area contributed by atoms with E-state index in [0.29, 0.717) is 0 Å². The maximum Gasteiger partial charge on any atom is 0.151 e. The van der Waals surface area contributed by atoms with Gasteiger partial charge in [0.25, 0.3) is 0 Å². The third-order valence-electron chi connectivity index (χ3n) is 2.87. The van der Waals surface area contributed by atoms with Crippen molar-refractivity contribution in [2.45, 2.75) is 31.4 Å². The van der Waals surface area contributed by atoms with Crippen LogP contribution < -0.4 is 0 Å². The fourth-order valence-electron chi connectivity index (χ4n) is 2.07. The zero-order valence-corrected chi connectivity index (χ0v) is 10.8. The van der Waals surface area contributed by atoms with Crippen molar-refractivity contribution < 1.29 is 8.42 Å². The van der Waals surface area contributed by atoms with Gasteiger partial charge in [0.2, 0.25) is 0 Å². The summed E-state index contributed by atoms with van der Waals surface area (Å²) < 4.78 is 22.3. The van der Waals surface area contributed by atoms with Crippen molar-refractivity contribution in [2.24, 2.45) is 0 Å². The van der Waals surface area contributed by atoms with Gasteiger partial charge in [0, 0.05) is 12.5 Å². The number of allylic oxidation sites excluding steroid dienone is 2. The summed E-state index contributed by atoms with van der Waals surface area (Å²) in [4.78, 5) is 4.35. The minimum Gasteiger partial charge on any atom is -0.256 e. The highest BCUT2D eigenvalue weighted by Gasteiger charge is 2.09. The zero-order valence-electron chi connectivity index (χ0n) is 10.0. The van der Waals surface area contributed by atoms with Crippen LogP contribution in [0.15, 0.2) is 24.4 Å². The normalized spacial score (nSPS) is 16.6. The minimum atomic E-state index is -2.97. The van der Waals surface area contributed by atoms with E-state index in [1.165, 1.54) is 24.7 Å². The van der Waals surface area contributed by atoms with Crippen LogP contribution in [0.1, 0.15) is 36.9 Å². The van der Waals surface area contributed by atoms with E-state index in [1.54, 1.807) is 6.20 Å². The van der Waals surface area contributed by atoms with Crippen molar-refractivity contribution >= 4 is 15.4 Å². The summed E-state index contributed by atoms with van der Waals surface area (Å²) in [6.07, 6.45) is 9.84. The van der Waals surface area contributed by atoms with Crippen LogP contribution in [0.3, 0.4) is 0 Å². The van der Waals surface area contributed by atoms with Gasteiger partial charge in [-0.15, -0.1) is 0 Å². The Bertz CT molecular complexity index is 515. The van der Waals surface area contributed by atoms with Gasteiger partial charge >= 0.3 is 0 Å². The Morgan fingerprint density at radius 2 is 2.12 bits per heavy atom. The van der Waals surface area contributed by atoms with Gasteiger partial charge < -0.3 is 0 Å². The molecule has 92 valence electrons. The molecule has 0 spiro atoms. The molecule has 0 saturated heterocycles. The van der Waals surface area contributed by atoms with E-state index in [4.69, 9.17) is 0 Å². The molecule has 0 unspecified atom stereocenters. The van der Waals surface area contributed by atoms with E-state index < -0.39 is 9.84 Å². The Morgan fingerprint density at radius 3 is 2.65 bits per heavy atom. The Morgan fingerprint density at radius 1 is 1.29 bits per heavy atom. The standard InChI is InChI=1S/C13H17NO2S/c1-17(15,16)10-11-7-8-13(14-9-11)12-5-3-2-4-6-12/h5,7-9H,2-4,6,10H2,1H3. The van der Waals surface area contributed by atoms with Crippen molar-refractivity contribution in [1.82, 2.24) is 4.98 Å². The molecule has 0 atom stereocenters. The summed E-state index contributed by atoms with van der Waals surface area (Å²) in [5.41, 5.74) is 3.04. The second kappa shape index (κ2) is 5.00. The van der Waals surface area contributed by atoms with E-state index in [0.717, 1.165) is 24.1 Å². The molecule has 0 N–H and O–H groups in total. The highest BCUT2D eigenvalue weighted by molar-refractivity contribution is 7.89. The lowest BCUT2D eigenvalue weighted by atomic mass is 9.97. The molecule has 1 aromatic heterocycles. The van der Waals surface area contributed by atoms with Crippen molar-refractivity contribution in [1.29, 1.82) is 0 Å². The van der Waals surface area contributed by atoms with Gasteiger partial charge in [0.05, 0.1) is 11.4 Å². The quantitative estimate of drug-likeness (QED) is 0.829. The number of aromatic nitrogens is 1. The van der Waals surface area contributed by atoms with Crippen molar-refractivity contribution in [2.75, 3.05) is 6.26 Å². The van der Waals surface area contributed by atoms with E-state index in [2.05, 4.69) is 11.1 Å². The van der Waals surface area contributed by atoms with Gasteiger partial charge in [0.15, 0.2) is 9.84 Å². The summed E-state index contributed by atoms with van der Waals surface area (Å²) in [6, 6.07) is 3.79. The molecular formula is C13H17NO2S. The molecule has 0 amide bonds. The smallest absolute Gasteiger partial charge is 0.151 e. The first-order valence-corrected chi connectivity index (χ1v) is 7.93. The first-order valence-electron chi connectivity index (χ1n) is 5.87. The SMILES string of the molecule is CS(=O)(=O)Cc1ccc(C2=CCCCC2)nc1. The van der Waals surface area contributed by atoms with Gasteiger partial charge in [-0.3, -0.25) is 4.98 Å². The van der Waals surface area contributed by atoms with Crippen molar-refractivity contribution in [3.63, 3.8) is 0 Å². The number of nitrogens with zero attached hydrogens (tertiary/aromatic N) is 1. The average Bonchev–Trinajstić information content (AvgIpc) is 2.29. The molecule has 0 radical (unpaired) electrons. The number of hydrogen-bond acceptors (Lipinski definition) is 3. The Kier molecular flexibility index (Phi) is 3.62. The molecule has 3 nitrogen and oxygen atoms in total. The highest BCUT2D eigenvalue weighted by Crippen LogP contribution is 2.25. The predicted molar refractivity (Wildman–Crippen MR) is 69.2 cm³/mol. The molecule has 0 fully saturated rings. The average molecular weight is 251 g/mol. The molecule has 0 bridgehead atoms. The first kappa shape index (κ1) is 12.3. The molecule has 0 aliphatic heterocycles. The van der Waals surface area contributed by atoms with Gasteiger partial charge in [-0.05, 0) is 42.9 Å². The molecule has 0 saturated carbocycles. The summed E-state index contributed by atoms with van der Waals surface area (Å²) in [6.45, 7) is 0. The largest absolute Gasteiger partial charge is 0.256 e. The number of pyridine rings is 1. The van der Waals surface area contributed by atoms with E-state index in [1.807, 2.05) is 12.1 Å². The lowest BCUT2D eigenvalue weighted by Gasteiger charge is -2.12. The minimum absolute atomic E-state index is 0.0688. The van der Waals surface area contributed by atoms with Gasteiger partial charge in [0.1, 0.15) is 0 Å². The molecule has 1 aliphatic rings. The number of rotatable bonds is 3. The van der Waals surface area contributed by atoms with E-state index >= 15 is 0 Å². The third kappa shape index (κ3) is 3.66. The van der Waals surface area contributed by atoms with E-state index in [-0.39, 0.29) is 5.75 Å². The second-order valence-electron chi connectivity index (χ2n) is 4.60. The first-order chi connectivity index (χ1) is 8.04. The monoisotopic (exact) mass is 251 g/mol. The zero-order chi connectivity index (χ0) is 12.3. The lowest BCUT2D eigenvalue weighted by molar-refractivity contribution is 0.601.